The Kier molecular flexibility index (Phi) is 6.26. The predicted octanol–water partition coefficient (Wildman–Crippen LogP) is 2.38. The van der Waals surface area contributed by atoms with E-state index >= 15 is 0 Å². The van der Waals surface area contributed by atoms with Crippen molar-refractivity contribution in [2.75, 3.05) is 38.0 Å². The summed E-state index contributed by atoms with van der Waals surface area (Å²) in [5, 5.41) is 4.98. The van der Waals surface area contributed by atoms with E-state index in [2.05, 4.69) is 33.1 Å². The number of rotatable bonds is 6. The molecule has 3 heterocycles. The Morgan fingerprint density at radius 3 is 2.73 bits per heavy atom. The van der Waals surface area contributed by atoms with E-state index in [1.165, 1.54) is 16.9 Å². The molecule has 2 aromatic heterocycles. The Morgan fingerprint density at radius 1 is 1.20 bits per heavy atom. The van der Waals surface area contributed by atoms with Gasteiger partial charge >= 0.3 is 0 Å². The van der Waals surface area contributed by atoms with E-state index in [9.17, 15) is 9.59 Å². The molecule has 1 saturated heterocycles. The van der Waals surface area contributed by atoms with Crippen molar-refractivity contribution in [3.63, 3.8) is 0 Å². The van der Waals surface area contributed by atoms with E-state index < -0.39 is 0 Å². The number of benzene rings is 1. The zero-order chi connectivity index (χ0) is 21.1. The highest BCUT2D eigenvalue weighted by Crippen LogP contribution is 2.21. The summed E-state index contributed by atoms with van der Waals surface area (Å²) in [4.78, 5) is 34.5. The van der Waals surface area contributed by atoms with Crippen LogP contribution < -0.4 is 10.9 Å². The number of amides is 1. The Morgan fingerprint density at radius 2 is 1.97 bits per heavy atom. The summed E-state index contributed by atoms with van der Waals surface area (Å²) in [6.45, 7) is 8.53. The smallest absolute Gasteiger partial charge is 0.258 e. The molecule has 7 nitrogen and oxygen atoms in total. The van der Waals surface area contributed by atoms with Gasteiger partial charge in [-0.3, -0.25) is 23.8 Å². The van der Waals surface area contributed by atoms with Crippen molar-refractivity contribution < 1.29 is 4.79 Å². The Balaban J connectivity index is 1.30. The van der Waals surface area contributed by atoms with E-state index in [1.54, 1.807) is 16.7 Å². The van der Waals surface area contributed by atoms with E-state index in [0.29, 0.717) is 13.1 Å². The standard InChI is InChI=1S/C22H27N5O2S/c1-3-17-6-4-5-16(2)21(17)24-19(28)15-26-9-7-25(8-10-26)14-18-13-20(29)27-11-12-30-22(27)23-18/h4-6,11-13H,3,7-10,14-15H2,1-2H3,(H,24,28). The zero-order valence-electron chi connectivity index (χ0n) is 17.4. The van der Waals surface area contributed by atoms with Crippen LogP contribution in [0.4, 0.5) is 5.69 Å². The van der Waals surface area contributed by atoms with Crippen LogP contribution in [0.15, 0.2) is 40.6 Å². The highest BCUT2D eigenvalue weighted by atomic mass is 32.1. The van der Waals surface area contributed by atoms with Crippen molar-refractivity contribution in [1.29, 1.82) is 0 Å². The lowest BCUT2D eigenvalue weighted by Gasteiger charge is -2.34. The Labute approximate surface area is 180 Å². The first-order chi connectivity index (χ1) is 14.5. The number of para-hydroxylation sites is 1. The van der Waals surface area contributed by atoms with Gasteiger partial charge in [0, 0.05) is 56.1 Å². The minimum absolute atomic E-state index is 0.0327. The van der Waals surface area contributed by atoms with Gasteiger partial charge in [-0.25, -0.2) is 4.98 Å². The van der Waals surface area contributed by atoms with E-state index in [4.69, 9.17) is 0 Å². The van der Waals surface area contributed by atoms with Crippen LogP contribution in [0.1, 0.15) is 23.7 Å². The topological polar surface area (TPSA) is 70.0 Å². The number of nitrogens with zero attached hydrogens (tertiary/aromatic N) is 4. The maximum absolute atomic E-state index is 12.6. The lowest BCUT2D eigenvalue weighted by Crippen LogP contribution is -2.48. The lowest BCUT2D eigenvalue weighted by molar-refractivity contribution is -0.117. The summed E-state index contributed by atoms with van der Waals surface area (Å²) in [5.41, 5.74) is 3.98. The molecule has 8 heteroatoms. The largest absolute Gasteiger partial charge is 0.324 e. The monoisotopic (exact) mass is 425 g/mol. The fourth-order valence-corrected chi connectivity index (χ4v) is 4.63. The summed E-state index contributed by atoms with van der Waals surface area (Å²) in [6, 6.07) is 7.74. The zero-order valence-corrected chi connectivity index (χ0v) is 18.2. The number of carbonyl (C=O) groups excluding carboxylic acids is 1. The van der Waals surface area contributed by atoms with Gasteiger partial charge in [0.25, 0.3) is 5.56 Å². The third-order valence-corrected chi connectivity index (χ3v) is 6.33. The first-order valence-corrected chi connectivity index (χ1v) is 11.2. The molecule has 0 aliphatic carbocycles. The van der Waals surface area contributed by atoms with Crippen LogP contribution in [0.5, 0.6) is 0 Å². The minimum Gasteiger partial charge on any atom is -0.324 e. The van der Waals surface area contributed by atoms with Crippen LogP contribution in [-0.2, 0) is 17.8 Å². The average molecular weight is 426 g/mol. The molecule has 0 radical (unpaired) electrons. The maximum Gasteiger partial charge on any atom is 0.258 e. The van der Waals surface area contributed by atoms with Crippen molar-refractivity contribution >= 4 is 27.9 Å². The van der Waals surface area contributed by atoms with Gasteiger partial charge in [-0.15, -0.1) is 11.3 Å². The third-order valence-electron chi connectivity index (χ3n) is 5.58. The number of nitrogens with one attached hydrogen (secondary N) is 1. The average Bonchev–Trinajstić information content (AvgIpc) is 3.20. The van der Waals surface area contributed by atoms with Crippen LogP contribution in [0, 0.1) is 6.92 Å². The normalized spacial score (nSPS) is 15.5. The number of piperazine rings is 1. The van der Waals surface area contributed by atoms with Gasteiger partial charge in [-0.05, 0) is 24.5 Å². The van der Waals surface area contributed by atoms with Gasteiger partial charge in [0.2, 0.25) is 5.91 Å². The molecule has 0 bridgehead atoms. The molecular formula is C22H27N5O2S. The summed E-state index contributed by atoms with van der Waals surface area (Å²) in [5.74, 6) is 0.0327. The third kappa shape index (κ3) is 4.61. The number of hydrogen-bond donors (Lipinski definition) is 1. The molecule has 0 atom stereocenters. The molecule has 1 N–H and O–H groups in total. The molecule has 4 rings (SSSR count). The SMILES string of the molecule is CCc1cccc(C)c1NC(=O)CN1CCN(Cc2cc(=O)n3ccsc3n2)CC1. The summed E-state index contributed by atoms with van der Waals surface area (Å²) in [7, 11) is 0. The number of fused-ring (bicyclic) bond motifs is 1. The van der Waals surface area contributed by atoms with E-state index in [-0.39, 0.29) is 11.5 Å². The number of anilines is 1. The van der Waals surface area contributed by atoms with E-state index in [1.807, 2.05) is 24.4 Å². The van der Waals surface area contributed by atoms with Crippen LogP contribution >= 0.6 is 11.3 Å². The maximum atomic E-state index is 12.6. The second-order valence-corrected chi connectivity index (χ2v) is 8.58. The van der Waals surface area contributed by atoms with Crippen LogP contribution in [0.2, 0.25) is 0 Å². The first kappa shape index (κ1) is 20.7. The van der Waals surface area contributed by atoms with Gasteiger partial charge in [-0.2, -0.15) is 0 Å². The molecule has 1 aliphatic rings. The molecule has 3 aromatic rings. The highest BCUT2D eigenvalue weighted by molar-refractivity contribution is 7.15. The summed E-state index contributed by atoms with van der Waals surface area (Å²) < 4.78 is 1.57. The Hall–Kier alpha value is -2.55. The molecular weight excluding hydrogens is 398 g/mol. The van der Waals surface area contributed by atoms with Gasteiger partial charge in [0.15, 0.2) is 4.96 Å². The summed E-state index contributed by atoms with van der Waals surface area (Å²) >= 11 is 1.47. The molecule has 1 fully saturated rings. The number of aromatic nitrogens is 2. The minimum atomic E-state index is -0.0331. The second kappa shape index (κ2) is 9.07. The lowest BCUT2D eigenvalue weighted by atomic mass is 10.1. The molecule has 0 unspecified atom stereocenters. The molecule has 0 saturated carbocycles. The van der Waals surface area contributed by atoms with Crippen molar-refractivity contribution in [1.82, 2.24) is 19.2 Å². The first-order valence-electron chi connectivity index (χ1n) is 10.3. The highest BCUT2D eigenvalue weighted by Gasteiger charge is 2.20. The van der Waals surface area contributed by atoms with Crippen molar-refractivity contribution in [3.05, 3.63) is 63.0 Å². The fraction of sp³-hybridized carbons (Fsp3) is 0.409. The fourth-order valence-electron chi connectivity index (χ4n) is 3.89. The molecule has 0 spiro atoms. The van der Waals surface area contributed by atoms with Crippen LogP contribution in [0.25, 0.3) is 4.96 Å². The molecule has 30 heavy (non-hydrogen) atoms. The van der Waals surface area contributed by atoms with Crippen molar-refractivity contribution in [3.8, 4) is 0 Å². The van der Waals surface area contributed by atoms with Crippen molar-refractivity contribution in [2.24, 2.45) is 0 Å². The van der Waals surface area contributed by atoms with E-state index in [0.717, 1.165) is 54.5 Å². The van der Waals surface area contributed by atoms with Gasteiger partial charge in [0.05, 0.1) is 12.2 Å². The predicted molar refractivity (Wildman–Crippen MR) is 120 cm³/mol. The molecule has 158 valence electrons. The quantitative estimate of drug-likeness (QED) is 0.657. The molecule has 1 amide bonds. The number of thiazole rings is 1. The summed E-state index contributed by atoms with van der Waals surface area (Å²) in [6.07, 6.45) is 2.65. The Bertz CT molecular complexity index is 1100. The van der Waals surface area contributed by atoms with Crippen LogP contribution in [-0.4, -0.2) is 57.8 Å². The van der Waals surface area contributed by atoms with Gasteiger partial charge < -0.3 is 5.32 Å². The number of carbonyl (C=O) groups is 1. The second-order valence-electron chi connectivity index (χ2n) is 7.70. The van der Waals surface area contributed by atoms with Crippen LogP contribution in [0.3, 0.4) is 0 Å². The molecule has 1 aromatic carbocycles. The van der Waals surface area contributed by atoms with Gasteiger partial charge in [0.1, 0.15) is 0 Å². The molecule has 1 aliphatic heterocycles. The van der Waals surface area contributed by atoms with Gasteiger partial charge in [-0.1, -0.05) is 25.1 Å². The number of aryl methyl sites for hydroxylation is 2. The van der Waals surface area contributed by atoms with Crippen molar-refractivity contribution in [2.45, 2.75) is 26.8 Å². The number of hydrogen-bond acceptors (Lipinski definition) is 6.